The number of hydrogen-bond acceptors (Lipinski definition) is 2. The van der Waals surface area contributed by atoms with Crippen molar-refractivity contribution in [1.82, 2.24) is 10.2 Å². The molecule has 2 heteroatoms. The van der Waals surface area contributed by atoms with Gasteiger partial charge in [0.1, 0.15) is 0 Å². The van der Waals surface area contributed by atoms with Gasteiger partial charge in [0.25, 0.3) is 0 Å². The molecule has 1 aliphatic heterocycles. The Morgan fingerprint density at radius 3 is 2.62 bits per heavy atom. The third-order valence-electron chi connectivity index (χ3n) is 4.55. The topological polar surface area (TPSA) is 15.3 Å². The van der Waals surface area contributed by atoms with Gasteiger partial charge in [-0.25, -0.2) is 0 Å². The third-order valence-corrected chi connectivity index (χ3v) is 4.55. The molecule has 2 fully saturated rings. The van der Waals surface area contributed by atoms with Crippen molar-refractivity contribution in [3.05, 3.63) is 0 Å². The summed E-state index contributed by atoms with van der Waals surface area (Å²) >= 11 is 0. The Bertz CT molecular complexity index is 215. The lowest BCUT2D eigenvalue weighted by atomic mass is 10.0. The van der Waals surface area contributed by atoms with Crippen molar-refractivity contribution in [3.8, 4) is 0 Å². The first-order valence-corrected chi connectivity index (χ1v) is 7.16. The maximum atomic E-state index is 3.71. The molecule has 3 atom stereocenters. The molecule has 94 valence electrons. The summed E-state index contributed by atoms with van der Waals surface area (Å²) in [6.45, 7) is 10.9. The average Bonchev–Trinajstić information content (AvgIpc) is 2.54. The number of nitrogens with one attached hydrogen (secondary N) is 1. The smallest absolute Gasteiger partial charge is 0.0218 e. The zero-order valence-corrected chi connectivity index (χ0v) is 11.2. The van der Waals surface area contributed by atoms with Gasteiger partial charge in [-0.3, -0.25) is 4.90 Å². The Balaban J connectivity index is 1.97. The van der Waals surface area contributed by atoms with E-state index in [2.05, 4.69) is 31.0 Å². The Hall–Kier alpha value is -0.0800. The van der Waals surface area contributed by atoms with Crippen LogP contribution in [0.25, 0.3) is 0 Å². The molecule has 2 aliphatic rings. The fourth-order valence-electron chi connectivity index (χ4n) is 3.39. The van der Waals surface area contributed by atoms with Crippen molar-refractivity contribution in [2.75, 3.05) is 19.6 Å². The van der Waals surface area contributed by atoms with Crippen LogP contribution in [0.5, 0.6) is 0 Å². The maximum Gasteiger partial charge on any atom is 0.0218 e. The van der Waals surface area contributed by atoms with Crippen molar-refractivity contribution in [3.63, 3.8) is 0 Å². The monoisotopic (exact) mass is 224 g/mol. The Kier molecular flexibility index (Phi) is 4.26. The Labute approximate surface area is 101 Å². The molecular formula is C14H28N2. The normalized spacial score (nSPS) is 37.9. The van der Waals surface area contributed by atoms with Gasteiger partial charge >= 0.3 is 0 Å². The summed E-state index contributed by atoms with van der Waals surface area (Å²) < 4.78 is 0. The third kappa shape index (κ3) is 2.78. The summed E-state index contributed by atoms with van der Waals surface area (Å²) in [7, 11) is 0. The van der Waals surface area contributed by atoms with Gasteiger partial charge in [-0.15, -0.1) is 0 Å². The van der Waals surface area contributed by atoms with E-state index >= 15 is 0 Å². The van der Waals surface area contributed by atoms with Crippen LogP contribution in [0, 0.1) is 11.8 Å². The molecule has 1 saturated heterocycles. The lowest BCUT2D eigenvalue weighted by Gasteiger charge is -2.33. The van der Waals surface area contributed by atoms with Gasteiger partial charge in [0.2, 0.25) is 0 Å². The number of nitrogens with zero attached hydrogens (tertiary/aromatic N) is 1. The lowest BCUT2D eigenvalue weighted by molar-refractivity contribution is 0.154. The first-order valence-electron chi connectivity index (χ1n) is 7.16. The molecular weight excluding hydrogens is 196 g/mol. The van der Waals surface area contributed by atoms with Crippen molar-refractivity contribution in [1.29, 1.82) is 0 Å². The summed E-state index contributed by atoms with van der Waals surface area (Å²) in [4.78, 5) is 2.78. The molecule has 3 unspecified atom stereocenters. The van der Waals surface area contributed by atoms with Crippen LogP contribution in [0.4, 0.5) is 0 Å². The minimum atomic E-state index is 0.704. The van der Waals surface area contributed by atoms with E-state index in [1.54, 1.807) is 0 Å². The quantitative estimate of drug-likeness (QED) is 0.775. The van der Waals surface area contributed by atoms with E-state index in [4.69, 9.17) is 0 Å². The first-order chi connectivity index (χ1) is 7.68. The number of hydrogen-bond donors (Lipinski definition) is 1. The maximum absolute atomic E-state index is 3.71. The molecule has 0 amide bonds. The van der Waals surface area contributed by atoms with E-state index in [0.717, 1.165) is 17.9 Å². The summed E-state index contributed by atoms with van der Waals surface area (Å²) in [6.07, 6.45) is 5.65. The minimum absolute atomic E-state index is 0.704. The molecule has 1 N–H and O–H groups in total. The van der Waals surface area contributed by atoms with Crippen LogP contribution >= 0.6 is 0 Å². The Morgan fingerprint density at radius 2 is 2.00 bits per heavy atom. The molecule has 0 radical (unpaired) electrons. The highest BCUT2D eigenvalue weighted by Gasteiger charge is 2.31. The average molecular weight is 224 g/mol. The molecule has 1 heterocycles. The SMILES string of the molecule is CC(C)C1CN(C2CCCC2C)CCCN1. The fraction of sp³-hybridized carbons (Fsp3) is 1.00. The molecule has 0 aromatic rings. The number of rotatable bonds is 2. The minimum Gasteiger partial charge on any atom is -0.312 e. The van der Waals surface area contributed by atoms with Gasteiger partial charge in [0.15, 0.2) is 0 Å². The second kappa shape index (κ2) is 5.50. The van der Waals surface area contributed by atoms with E-state index in [-0.39, 0.29) is 0 Å². The predicted molar refractivity (Wildman–Crippen MR) is 69.6 cm³/mol. The summed E-state index contributed by atoms with van der Waals surface area (Å²) in [5.74, 6) is 1.68. The zero-order valence-electron chi connectivity index (χ0n) is 11.2. The molecule has 2 rings (SSSR count). The van der Waals surface area contributed by atoms with Gasteiger partial charge in [-0.1, -0.05) is 27.2 Å². The molecule has 0 aromatic heterocycles. The summed E-state index contributed by atoms with van der Waals surface area (Å²) in [5, 5.41) is 3.71. The standard InChI is InChI=1S/C14H28N2/c1-11(2)13-10-16(9-5-8-15-13)14-7-4-6-12(14)3/h11-15H,4-10H2,1-3H3. The molecule has 2 nitrogen and oxygen atoms in total. The molecule has 0 aromatic carbocycles. The van der Waals surface area contributed by atoms with Crippen LogP contribution in [0.3, 0.4) is 0 Å². The van der Waals surface area contributed by atoms with Crippen LogP contribution in [0.15, 0.2) is 0 Å². The van der Waals surface area contributed by atoms with Crippen molar-refractivity contribution in [2.24, 2.45) is 11.8 Å². The molecule has 1 saturated carbocycles. The highest BCUT2D eigenvalue weighted by molar-refractivity contribution is 4.88. The molecule has 1 aliphatic carbocycles. The highest BCUT2D eigenvalue weighted by Crippen LogP contribution is 2.30. The van der Waals surface area contributed by atoms with Gasteiger partial charge in [-0.2, -0.15) is 0 Å². The van der Waals surface area contributed by atoms with Crippen molar-refractivity contribution < 1.29 is 0 Å². The second-order valence-corrected chi connectivity index (χ2v) is 6.13. The van der Waals surface area contributed by atoms with Crippen LogP contribution in [-0.2, 0) is 0 Å². The molecule has 0 bridgehead atoms. The predicted octanol–water partition coefficient (Wildman–Crippen LogP) is 2.49. The fourth-order valence-corrected chi connectivity index (χ4v) is 3.39. The zero-order chi connectivity index (χ0) is 11.5. The Morgan fingerprint density at radius 1 is 1.19 bits per heavy atom. The van der Waals surface area contributed by atoms with Crippen molar-refractivity contribution >= 4 is 0 Å². The van der Waals surface area contributed by atoms with Gasteiger partial charge in [0, 0.05) is 18.6 Å². The van der Waals surface area contributed by atoms with Crippen LogP contribution in [0.1, 0.15) is 46.5 Å². The molecule has 0 spiro atoms. The molecule has 16 heavy (non-hydrogen) atoms. The van der Waals surface area contributed by atoms with Gasteiger partial charge in [0.05, 0.1) is 0 Å². The van der Waals surface area contributed by atoms with Crippen molar-refractivity contribution in [2.45, 2.75) is 58.5 Å². The van der Waals surface area contributed by atoms with E-state index in [1.165, 1.54) is 45.3 Å². The van der Waals surface area contributed by atoms with E-state index < -0.39 is 0 Å². The largest absolute Gasteiger partial charge is 0.312 e. The summed E-state index contributed by atoms with van der Waals surface area (Å²) in [5.41, 5.74) is 0. The van der Waals surface area contributed by atoms with E-state index in [1.807, 2.05) is 0 Å². The summed E-state index contributed by atoms with van der Waals surface area (Å²) in [6, 6.07) is 1.58. The van der Waals surface area contributed by atoms with E-state index in [0.29, 0.717) is 6.04 Å². The second-order valence-electron chi connectivity index (χ2n) is 6.13. The van der Waals surface area contributed by atoms with Crippen LogP contribution in [-0.4, -0.2) is 36.6 Å². The van der Waals surface area contributed by atoms with Crippen LogP contribution in [0.2, 0.25) is 0 Å². The highest BCUT2D eigenvalue weighted by atomic mass is 15.2. The van der Waals surface area contributed by atoms with Crippen LogP contribution < -0.4 is 5.32 Å². The lowest BCUT2D eigenvalue weighted by Crippen LogP contribution is -2.45. The van der Waals surface area contributed by atoms with E-state index in [9.17, 15) is 0 Å². The first kappa shape index (κ1) is 12.4. The van der Waals surface area contributed by atoms with Gasteiger partial charge < -0.3 is 5.32 Å². The van der Waals surface area contributed by atoms with Gasteiger partial charge in [-0.05, 0) is 44.2 Å².